The van der Waals surface area contributed by atoms with Crippen molar-refractivity contribution in [1.29, 1.82) is 0 Å². The smallest absolute Gasteiger partial charge is 0.134 e. The first kappa shape index (κ1) is 14.8. The SMILES string of the molecule is Cc1cc(CN(C)c2cc(NC3CCCOC3)ncn2)no1. The number of aromatic nitrogens is 3. The van der Waals surface area contributed by atoms with Crippen molar-refractivity contribution >= 4 is 11.6 Å². The van der Waals surface area contributed by atoms with E-state index in [1.165, 1.54) is 0 Å². The Morgan fingerprint density at radius 3 is 3.00 bits per heavy atom. The van der Waals surface area contributed by atoms with Crippen LogP contribution in [-0.4, -0.2) is 41.4 Å². The normalized spacial score (nSPS) is 18.2. The summed E-state index contributed by atoms with van der Waals surface area (Å²) in [5, 5.41) is 7.41. The average molecular weight is 303 g/mol. The van der Waals surface area contributed by atoms with E-state index >= 15 is 0 Å². The number of hydrogen-bond donors (Lipinski definition) is 1. The molecule has 0 radical (unpaired) electrons. The van der Waals surface area contributed by atoms with Crippen molar-refractivity contribution in [3.05, 3.63) is 29.9 Å². The fourth-order valence-corrected chi connectivity index (χ4v) is 2.51. The maximum Gasteiger partial charge on any atom is 0.134 e. The lowest BCUT2D eigenvalue weighted by molar-refractivity contribution is 0.0875. The second-order valence-corrected chi connectivity index (χ2v) is 5.60. The minimum absolute atomic E-state index is 0.319. The van der Waals surface area contributed by atoms with Crippen LogP contribution >= 0.6 is 0 Å². The van der Waals surface area contributed by atoms with Gasteiger partial charge in [0.1, 0.15) is 29.4 Å². The molecule has 0 saturated carbocycles. The molecular weight excluding hydrogens is 282 g/mol. The molecule has 3 rings (SSSR count). The summed E-state index contributed by atoms with van der Waals surface area (Å²) in [7, 11) is 1.97. The molecule has 118 valence electrons. The highest BCUT2D eigenvalue weighted by molar-refractivity contribution is 5.48. The summed E-state index contributed by atoms with van der Waals surface area (Å²) < 4.78 is 10.6. The van der Waals surface area contributed by atoms with E-state index in [4.69, 9.17) is 9.26 Å². The van der Waals surface area contributed by atoms with Crippen LogP contribution in [0.25, 0.3) is 0 Å². The second kappa shape index (κ2) is 6.74. The summed E-state index contributed by atoms with van der Waals surface area (Å²) in [4.78, 5) is 10.6. The Morgan fingerprint density at radius 2 is 2.27 bits per heavy atom. The number of aryl methyl sites for hydroxylation is 1. The highest BCUT2D eigenvalue weighted by atomic mass is 16.5. The minimum Gasteiger partial charge on any atom is -0.379 e. The van der Waals surface area contributed by atoms with Gasteiger partial charge in [0, 0.05) is 25.8 Å². The summed E-state index contributed by atoms with van der Waals surface area (Å²) in [6.45, 7) is 4.11. The molecular formula is C15H21N5O2. The van der Waals surface area contributed by atoms with Gasteiger partial charge in [-0.1, -0.05) is 5.16 Å². The standard InChI is InChI=1S/C15H21N5O2/c1-11-6-13(19-22-11)8-20(2)15-7-14(16-10-17-15)18-12-4-3-5-21-9-12/h6-7,10,12H,3-5,8-9H2,1-2H3,(H,16,17,18). The Kier molecular flexibility index (Phi) is 4.53. The van der Waals surface area contributed by atoms with Gasteiger partial charge in [-0.2, -0.15) is 0 Å². The van der Waals surface area contributed by atoms with Gasteiger partial charge in [0.05, 0.1) is 19.2 Å². The Hall–Kier alpha value is -2.15. The van der Waals surface area contributed by atoms with Crippen molar-refractivity contribution < 1.29 is 9.26 Å². The molecule has 3 heterocycles. The molecule has 0 aliphatic carbocycles. The largest absolute Gasteiger partial charge is 0.379 e. The van der Waals surface area contributed by atoms with E-state index in [2.05, 4.69) is 20.4 Å². The quantitative estimate of drug-likeness (QED) is 0.905. The van der Waals surface area contributed by atoms with Gasteiger partial charge in [-0.3, -0.25) is 0 Å². The fraction of sp³-hybridized carbons (Fsp3) is 0.533. The molecule has 7 heteroatoms. The van der Waals surface area contributed by atoms with Crippen LogP contribution in [-0.2, 0) is 11.3 Å². The van der Waals surface area contributed by atoms with E-state index in [-0.39, 0.29) is 0 Å². The number of ether oxygens (including phenoxy) is 1. The Labute approximate surface area is 129 Å². The first-order valence-corrected chi connectivity index (χ1v) is 7.50. The van der Waals surface area contributed by atoms with Crippen LogP contribution in [0.5, 0.6) is 0 Å². The lowest BCUT2D eigenvalue weighted by Crippen LogP contribution is -2.30. The van der Waals surface area contributed by atoms with Crippen molar-refractivity contribution in [3.63, 3.8) is 0 Å². The Balaban J connectivity index is 1.64. The molecule has 22 heavy (non-hydrogen) atoms. The van der Waals surface area contributed by atoms with Gasteiger partial charge in [0.25, 0.3) is 0 Å². The average Bonchev–Trinajstić information content (AvgIpc) is 2.93. The zero-order valence-electron chi connectivity index (χ0n) is 13.0. The lowest BCUT2D eigenvalue weighted by Gasteiger charge is -2.24. The van der Waals surface area contributed by atoms with Crippen LogP contribution < -0.4 is 10.2 Å². The molecule has 2 aromatic heterocycles. The molecule has 1 atom stereocenters. The first-order chi connectivity index (χ1) is 10.7. The molecule has 7 nitrogen and oxygen atoms in total. The molecule has 0 bridgehead atoms. The molecule has 1 fully saturated rings. The summed E-state index contributed by atoms with van der Waals surface area (Å²) in [5.74, 6) is 2.48. The van der Waals surface area contributed by atoms with Gasteiger partial charge in [-0.05, 0) is 19.8 Å². The van der Waals surface area contributed by atoms with E-state index in [0.29, 0.717) is 12.6 Å². The molecule has 1 aliphatic heterocycles. The summed E-state index contributed by atoms with van der Waals surface area (Å²) in [6.07, 6.45) is 3.76. The predicted octanol–water partition coefficient (Wildman–Crippen LogP) is 2.00. The van der Waals surface area contributed by atoms with Crippen LogP contribution in [0.3, 0.4) is 0 Å². The van der Waals surface area contributed by atoms with Crippen LogP contribution in [0, 0.1) is 6.92 Å². The molecule has 0 spiro atoms. The van der Waals surface area contributed by atoms with Gasteiger partial charge < -0.3 is 19.5 Å². The van der Waals surface area contributed by atoms with Crippen LogP contribution in [0.4, 0.5) is 11.6 Å². The molecule has 0 amide bonds. The molecule has 0 aromatic carbocycles. The van der Waals surface area contributed by atoms with Crippen molar-refractivity contribution in [3.8, 4) is 0 Å². The monoisotopic (exact) mass is 303 g/mol. The van der Waals surface area contributed by atoms with Gasteiger partial charge in [0.2, 0.25) is 0 Å². The number of rotatable bonds is 5. The van der Waals surface area contributed by atoms with Crippen LogP contribution in [0.15, 0.2) is 23.0 Å². The third-order valence-electron chi connectivity index (χ3n) is 3.63. The van der Waals surface area contributed by atoms with Gasteiger partial charge in [-0.15, -0.1) is 0 Å². The van der Waals surface area contributed by atoms with E-state index in [1.54, 1.807) is 6.33 Å². The molecule has 1 N–H and O–H groups in total. The highest BCUT2D eigenvalue weighted by Crippen LogP contribution is 2.18. The van der Waals surface area contributed by atoms with Crippen molar-refractivity contribution in [2.24, 2.45) is 0 Å². The van der Waals surface area contributed by atoms with Gasteiger partial charge >= 0.3 is 0 Å². The summed E-state index contributed by atoms with van der Waals surface area (Å²) >= 11 is 0. The molecule has 2 aromatic rings. The molecule has 1 aliphatic rings. The second-order valence-electron chi connectivity index (χ2n) is 5.60. The Morgan fingerprint density at radius 1 is 1.36 bits per heavy atom. The van der Waals surface area contributed by atoms with Crippen LogP contribution in [0.2, 0.25) is 0 Å². The number of hydrogen-bond acceptors (Lipinski definition) is 7. The predicted molar refractivity (Wildman–Crippen MR) is 82.8 cm³/mol. The first-order valence-electron chi connectivity index (χ1n) is 7.50. The molecule has 1 saturated heterocycles. The summed E-state index contributed by atoms with van der Waals surface area (Å²) in [6, 6.07) is 4.19. The fourth-order valence-electron chi connectivity index (χ4n) is 2.51. The maximum atomic E-state index is 5.48. The van der Waals surface area contributed by atoms with Crippen molar-refractivity contribution in [1.82, 2.24) is 15.1 Å². The van der Waals surface area contributed by atoms with Crippen LogP contribution in [0.1, 0.15) is 24.3 Å². The van der Waals surface area contributed by atoms with Crippen molar-refractivity contribution in [2.75, 3.05) is 30.5 Å². The number of anilines is 2. The van der Waals surface area contributed by atoms with E-state index < -0.39 is 0 Å². The zero-order chi connectivity index (χ0) is 15.4. The summed E-state index contributed by atoms with van der Waals surface area (Å²) in [5.41, 5.74) is 0.883. The lowest BCUT2D eigenvalue weighted by atomic mass is 10.1. The third-order valence-corrected chi connectivity index (χ3v) is 3.63. The van der Waals surface area contributed by atoms with E-state index in [1.807, 2.05) is 31.0 Å². The molecule has 1 unspecified atom stereocenters. The van der Waals surface area contributed by atoms with Gasteiger partial charge in [-0.25, -0.2) is 9.97 Å². The van der Waals surface area contributed by atoms with Crippen molar-refractivity contribution in [2.45, 2.75) is 32.4 Å². The number of nitrogens with zero attached hydrogens (tertiary/aromatic N) is 4. The van der Waals surface area contributed by atoms with E-state index in [0.717, 1.165) is 49.1 Å². The van der Waals surface area contributed by atoms with E-state index in [9.17, 15) is 0 Å². The topological polar surface area (TPSA) is 76.3 Å². The zero-order valence-corrected chi connectivity index (χ0v) is 13.0. The Bertz CT molecular complexity index is 609. The minimum atomic E-state index is 0.319. The third kappa shape index (κ3) is 3.73. The number of nitrogens with one attached hydrogen (secondary N) is 1. The highest BCUT2D eigenvalue weighted by Gasteiger charge is 2.15. The van der Waals surface area contributed by atoms with Gasteiger partial charge in [0.15, 0.2) is 0 Å². The maximum absolute atomic E-state index is 5.48.